The quantitative estimate of drug-likeness (QED) is 0.120. The SMILES string of the molecule is COc1cc(O)ccc1C1C2=CCC3C(=O)N(c4ccc(Nc5ccccc5)cc4)C(=O)C3C2CC2C(=O)N(c3cc(-c4sc5ccc(Cl)cc5c4C)nn3C)C(=O)C21C. The molecule has 10 rings (SSSR count). The topological polar surface area (TPSA) is 134 Å². The highest BCUT2D eigenvalue weighted by Crippen LogP contribution is 2.65. The van der Waals surface area contributed by atoms with Gasteiger partial charge < -0.3 is 15.2 Å². The maximum atomic E-state index is 15.3. The lowest BCUT2D eigenvalue weighted by Gasteiger charge is -2.49. The Bertz CT molecular complexity index is 2830. The monoisotopic (exact) mass is 837 g/mol. The van der Waals surface area contributed by atoms with Crippen LogP contribution in [0, 0.1) is 36.0 Å². The number of hydrogen-bond donors (Lipinski definition) is 2. The molecule has 0 radical (unpaired) electrons. The van der Waals surface area contributed by atoms with Crippen LogP contribution in [0.1, 0.15) is 36.8 Å². The molecule has 6 atom stereocenters. The van der Waals surface area contributed by atoms with Crippen molar-refractivity contribution >= 4 is 79.5 Å². The van der Waals surface area contributed by atoms with Gasteiger partial charge in [0.15, 0.2) is 0 Å². The van der Waals surface area contributed by atoms with E-state index < -0.39 is 46.8 Å². The molecule has 6 aromatic rings. The number of thiophene rings is 1. The minimum Gasteiger partial charge on any atom is -0.508 e. The summed E-state index contributed by atoms with van der Waals surface area (Å²) in [6, 6.07) is 29.2. The first-order chi connectivity index (χ1) is 28.9. The molecule has 1 saturated carbocycles. The number of rotatable bonds is 7. The maximum absolute atomic E-state index is 15.3. The van der Waals surface area contributed by atoms with E-state index in [4.69, 9.17) is 21.4 Å². The number of amides is 4. The Morgan fingerprint density at radius 2 is 1.63 bits per heavy atom. The number of nitrogens with zero attached hydrogens (tertiary/aromatic N) is 4. The summed E-state index contributed by atoms with van der Waals surface area (Å²) >= 11 is 7.91. The van der Waals surface area contributed by atoms with Crippen molar-refractivity contribution in [1.29, 1.82) is 0 Å². The molecule has 302 valence electrons. The number of hydrogen-bond acceptors (Lipinski definition) is 9. The Balaban J connectivity index is 1.04. The molecule has 0 bridgehead atoms. The van der Waals surface area contributed by atoms with Gasteiger partial charge in [0, 0.05) is 51.8 Å². The molecular formula is C47H40ClN5O6S. The highest BCUT2D eigenvalue weighted by Gasteiger charge is 2.68. The number of methoxy groups -OCH3 is 1. The molecule has 11 nitrogen and oxygen atoms in total. The van der Waals surface area contributed by atoms with Crippen molar-refractivity contribution in [2.45, 2.75) is 32.6 Å². The number of nitrogens with one attached hydrogen (secondary N) is 1. The van der Waals surface area contributed by atoms with E-state index in [0.29, 0.717) is 40.0 Å². The largest absolute Gasteiger partial charge is 0.508 e. The molecule has 2 N–H and O–H groups in total. The van der Waals surface area contributed by atoms with Crippen LogP contribution in [0.25, 0.3) is 20.7 Å². The third-order valence-electron chi connectivity index (χ3n) is 13.2. The van der Waals surface area contributed by atoms with Crippen LogP contribution in [0.5, 0.6) is 11.5 Å². The minimum absolute atomic E-state index is 0.0174. The van der Waals surface area contributed by atoms with Crippen LogP contribution in [-0.2, 0) is 26.2 Å². The van der Waals surface area contributed by atoms with Crippen molar-refractivity contribution in [2.24, 2.45) is 36.1 Å². The number of carbonyl (C=O) groups is 4. The van der Waals surface area contributed by atoms with Gasteiger partial charge in [-0.1, -0.05) is 47.5 Å². The number of phenolic OH excluding ortho intramolecular Hbond substituents is 1. The number of fused-ring (bicyclic) bond motifs is 5. The standard InChI is InChI=1S/C47H40ClN5O6S/c1-24-33-20-25(48)10-19-38(33)60-42(24)36-23-39(51(3)50-36)53-44(56)35-22-34-30(41(47(35,2)46(53)58)31-16-15-29(54)21-37(31)59-4)17-18-32-40(34)45(57)52(43(32)55)28-13-11-27(12-14-28)49-26-8-6-5-7-9-26/h5-17,19-21,23,32,34-35,40-41,49,54H,18,22H2,1-4H3. The molecular weight excluding hydrogens is 798 g/mol. The number of anilines is 4. The van der Waals surface area contributed by atoms with Gasteiger partial charge in [0.05, 0.1) is 40.8 Å². The molecule has 4 aromatic carbocycles. The summed E-state index contributed by atoms with van der Waals surface area (Å²) in [6.45, 7) is 3.83. The van der Waals surface area contributed by atoms with Crippen LogP contribution in [0.3, 0.4) is 0 Å². The number of para-hydroxylation sites is 1. The van der Waals surface area contributed by atoms with Crippen molar-refractivity contribution in [3.05, 3.63) is 125 Å². The fourth-order valence-electron chi connectivity index (χ4n) is 10.4. The molecule has 60 heavy (non-hydrogen) atoms. The van der Waals surface area contributed by atoms with Crippen LogP contribution in [0.2, 0.25) is 5.02 Å². The number of carbonyl (C=O) groups excluding carboxylic acids is 4. The van der Waals surface area contributed by atoms with Crippen LogP contribution in [0.15, 0.2) is 109 Å². The van der Waals surface area contributed by atoms with E-state index in [1.165, 1.54) is 23.0 Å². The van der Waals surface area contributed by atoms with Crippen LogP contribution in [-0.4, -0.2) is 45.6 Å². The molecule has 2 aromatic heterocycles. The number of halogens is 1. The molecule has 13 heteroatoms. The third-order valence-corrected chi connectivity index (χ3v) is 14.7. The molecule has 2 aliphatic heterocycles. The summed E-state index contributed by atoms with van der Waals surface area (Å²) in [7, 11) is 3.22. The van der Waals surface area contributed by atoms with E-state index in [2.05, 4.69) is 5.32 Å². The van der Waals surface area contributed by atoms with Gasteiger partial charge in [-0.25, -0.2) is 4.90 Å². The number of benzene rings is 4. The summed E-state index contributed by atoms with van der Waals surface area (Å²) in [4.78, 5) is 62.7. The first-order valence-electron chi connectivity index (χ1n) is 19.9. The zero-order chi connectivity index (χ0) is 41.8. The second-order valence-corrected chi connectivity index (χ2v) is 17.8. The second-order valence-electron chi connectivity index (χ2n) is 16.3. The average molecular weight is 838 g/mol. The Kier molecular flexibility index (Phi) is 8.82. The lowest BCUT2D eigenvalue weighted by atomic mass is 9.51. The van der Waals surface area contributed by atoms with E-state index in [-0.39, 0.29) is 24.0 Å². The lowest BCUT2D eigenvalue weighted by molar-refractivity contribution is -0.131. The number of aryl methyl sites for hydroxylation is 2. The molecule has 3 fully saturated rings. The predicted octanol–water partition coefficient (Wildman–Crippen LogP) is 9.16. The van der Waals surface area contributed by atoms with E-state index in [1.807, 2.05) is 80.6 Å². The van der Waals surface area contributed by atoms with Crippen molar-refractivity contribution in [3.8, 4) is 22.1 Å². The molecule has 2 saturated heterocycles. The van der Waals surface area contributed by atoms with Gasteiger partial charge in [0.2, 0.25) is 23.6 Å². The Morgan fingerprint density at radius 3 is 2.38 bits per heavy atom. The van der Waals surface area contributed by atoms with Gasteiger partial charge in [-0.3, -0.25) is 28.8 Å². The van der Waals surface area contributed by atoms with E-state index in [9.17, 15) is 14.7 Å². The van der Waals surface area contributed by atoms with Crippen molar-refractivity contribution in [3.63, 3.8) is 0 Å². The van der Waals surface area contributed by atoms with Gasteiger partial charge in [-0.05, 0) is 104 Å². The van der Waals surface area contributed by atoms with Crippen molar-refractivity contribution in [2.75, 3.05) is 22.2 Å². The van der Waals surface area contributed by atoms with Crippen molar-refractivity contribution in [1.82, 2.24) is 9.78 Å². The number of imide groups is 2. The van der Waals surface area contributed by atoms with E-state index in [0.717, 1.165) is 37.5 Å². The first-order valence-corrected chi connectivity index (χ1v) is 21.1. The van der Waals surface area contributed by atoms with Crippen LogP contribution in [0.4, 0.5) is 22.9 Å². The smallest absolute Gasteiger partial charge is 0.242 e. The molecule has 2 aliphatic carbocycles. The lowest BCUT2D eigenvalue weighted by Crippen LogP contribution is -2.49. The molecule has 4 aliphatic rings. The number of ether oxygens (including phenoxy) is 1. The third kappa shape index (κ3) is 5.57. The number of allylic oxidation sites excluding steroid dienone is 2. The summed E-state index contributed by atoms with van der Waals surface area (Å²) in [5, 5.41) is 20.3. The zero-order valence-electron chi connectivity index (χ0n) is 33.2. The molecule has 4 heterocycles. The maximum Gasteiger partial charge on any atom is 0.242 e. The van der Waals surface area contributed by atoms with Gasteiger partial charge in [-0.15, -0.1) is 11.3 Å². The summed E-state index contributed by atoms with van der Waals surface area (Å²) < 4.78 is 8.45. The fraction of sp³-hybridized carbons (Fsp3) is 0.255. The number of aromatic nitrogens is 2. The van der Waals surface area contributed by atoms with Crippen LogP contribution >= 0.6 is 22.9 Å². The van der Waals surface area contributed by atoms with E-state index >= 15 is 9.59 Å². The first kappa shape index (κ1) is 38.0. The Morgan fingerprint density at radius 1 is 0.883 bits per heavy atom. The number of phenols is 1. The highest BCUT2D eigenvalue weighted by molar-refractivity contribution is 7.22. The van der Waals surface area contributed by atoms with Gasteiger partial charge in [-0.2, -0.15) is 5.10 Å². The predicted molar refractivity (Wildman–Crippen MR) is 232 cm³/mol. The fourth-order valence-corrected chi connectivity index (χ4v) is 11.7. The Labute approximate surface area is 354 Å². The molecule has 6 unspecified atom stereocenters. The average Bonchev–Trinajstić information content (AvgIpc) is 3.91. The zero-order valence-corrected chi connectivity index (χ0v) is 34.8. The summed E-state index contributed by atoms with van der Waals surface area (Å²) in [6.07, 6.45) is 2.49. The van der Waals surface area contributed by atoms with E-state index in [1.54, 1.807) is 53.4 Å². The second kappa shape index (κ2) is 13.9. The minimum atomic E-state index is -1.32. The summed E-state index contributed by atoms with van der Waals surface area (Å²) in [5.74, 6) is -4.23. The normalized spacial score (nSPS) is 24.8. The van der Waals surface area contributed by atoms with Gasteiger partial charge >= 0.3 is 0 Å². The van der Waals surface area contributed by atoms with Crippen molar-refractivity contribution < 1.29 is 29.0 Å². The molecule has 0 spiro atoms. The van der Waals surface area contributed by atoms with Gasteiger partial charge in [0.1, 0.15) is 23.0 Å². The number of aromatic hydroxyl groups is 1. The molecule has 4 amide bonds. The van der Waals surface area contributed by atoms with Gasteiger partial charge in [0.25, 0.3) is 0 Å². The Hall–Kier alpha value is -6.24. The highest BCUT2D eigenvalue weighted by atomic mass is 35.5. The summed E-state index contributed by atoms with van der Waals surface area (Å²) in [5.41, 5.74) is 3.91. The van der Waals surface area contributed by atoms with Crippen LogP contribution < -0.4 is 19.9 Å².